The van der Waals surface area contributed by atoms with Crippen LogP contribution >= 0.6 is 0 Å². The Kier molecular flexibility index (Phi) is 3.46. The summed E-state index contributed by atoms with van der Waals surface area (Å²) in [6.07, 6.45) is 2.16. The third kappa shape index (κ3) is 2.53. The van der Waals surface area contributed by atoms with Crippen LogP contribution in [0.25, 0.3) is 22.0 Å². The van der Waals surface area contributed by atoms with Gasteiger partial charge in [-0.1, -0.05) is 48.5 Å². The molecular weight excluding hydrogens is 264 g/mol. The maximum atomic E-state index is 10.9. The lowest BCUT2D eigenvalue weighted by atomic mass is 10.00. The number of benzene rings is 2. The van der Waals surface area contributed by atoms with Crippen LogP contribution in [0.3, 0.4) is 0 Å². The van der Waals surface area contributed by atoms with E-state index in [1.54, 1.807) is 0 Å². The number of H-pyrrole nitrogens is 1. The normalized spacial score (nSPS) is 12.4. The average molecular weight is 280 g/mol. The van der Waals surface area contributed by atoms with Crippen molar-refractivity contribution in [3.63, 3.8) is 0 Å². The van der Waals surface area contributed by atoms with E-state index < -0.39 is 12.0 Å². The molecule has 0 unspecified atom stereocenters. The Labute approximate surface area is 122 Å². The van der Waals surface area contributed by atoms with E-state index in [4.69, 9.17) is 10.8 Å². The molecule has 21 heavy (non-hydrogen) atoms. The van der Waals surface area contributed by atoms with Gasteiger partial charge in [-0.05, 0) is 11.1 Å². The molecular formula is C17H16N2O2. The fraction of sp³-hybridized carbons (Fsp3) is 0.118. The molecule has 3 rings (SSSR count). The molecule has 1 heterocycles. The van der Waals surface area contributed by atoms with Crippen LogP contribution in [0.15, 0.2) is 54.7 Å². The highest BCUT2D eigenvalue weighted by Gasteiger charge is 2.16. The molecule has 4 nitrogen and oxygen atoms in total. The molecule has 0 saturated heterocycles. The summed E-state index contributed by atoms with van der Waals surface area (Å²) in [7, 11) is 0. The zero-order chi connectivity index (χ0) is 14.8. The van der Waals surface area contributed by atoms with Crippen molar-refractivity contribution in [2.45, 2.75) is 12.5 Å². The van der Waals surface area contributed by atoms with Crippen molar-refractivity contribution < 1.29 is 9.90 Å². The maximum absolute atomic E-state index is 10.9. The second-order valence-corrected chi connectivity index (χ2v) is 5.06. The molecule has 1 aromatic heterocycles. The fourth-order valence-corrected chi connectivity index (χ4v) is 2.56. The van der Waals surface area contributed by atoms with Gasteiger partial charge in [0.25, 0.3) is 0 Å². The van der Waals surface area contributed by atoms with Gasteiger partial charge in [0, 0.05) is 23.6 Å². The maximum Gasteiger partial charge on any atom is 0.320 e. The minimum Gasteiger partial charge on any atom is -0.480 e. The Morgan fingerprint density at radius 3 is 2.62 bits per heavy atom. The number of aromatic nitrogens is 1. The lowest BCUT2D eigenvalue weighted by Gasteiger charge is -2.06. The van der Waals surface area contributed by atoms with Crippen molar-refractivity contribution in [3.8, 4) is 11.1 Å². The van der Waals surface area contributed by atoms with E-state index in [2.05, 4.69) is 23.2 Å². The highest BCUT2D eigenvalue weighted by Crippen LogP contribution is 2.29. The predicted molar refractivity (Wildman–Crippen MR) is 83.0 cm³/mol. The Morgan fingerprint density at radius 1 is 1.14 bits per heavy atom. The molecule has 0 aliphatic rings. The Bertz CT molecular complexity index is 778. The van der Waals surface area contributed by atoms with Crippen molar-refractivity contribution in [2.75, 3.05) is 0 Å². The van der Waals surface area contributed by atoms with Gasteiger partial charge in [0.05, 0.1) is 5.52 Å². The SMILES string of the molecule is N[C@@H](Cc1c[nH]c2c(-c3ccccc3)cccc12)C(=O)O. The molecule has 0 radical (unpaired) electrons. The zero-order valence-electron chi connectivity index (χ0n) is 11.4. The van der Waals surface area contributed by atoms with Crippen LogP contribution in [0, 0.1) is 0 Å². The topological polar surface area (TPSA) is 79.1 Å². The average Bonchev–Trinajstić information content (AvgIpc) is 2.91. The summed E-state index contributed by atoms with van der Waals surface area (Å²) >= 11 is 0. The lowest BCUT2D eigenvalue weighted by molar-refractivity contribution is -0.138. The van der Waals surface area contributed by atoms with Crippen LogP contribution in [0.1, 0.15) is 5.56 Å². The highest BCUT2D eigenvalue weighted by molar-refractivity contribution is 5.96. The van der Waals surface area contributed by atoms with Crippen LogP contribution in [-0.2, 0) is 11.2 Å². The number of aromatic amines is 1. The van der Waals surface area contributed by atoms with Gasteiger partial charge in [-0.15, -0.1) is 0 Å². The minimum atomic E-state index is -0.983. The molecule has 0 amide bonds. The molecule has 4 heteroatoms. The first kappa shape index (κ1) is 13.4. The molecule has 0 aliphatic carbocycles. The lowest BCUT2D eigenvalue weighted by Crippen LogP contribution is -2.32. The van der Waals surface area contributed by atoms with Crippen molar-refractivity contribution in [1.82, 2.24) is 4.98 Å². The second-order valence-electron chi connectivity index (χ2n) is 5.06. The summed E-state index contributed by atoms with van der Waals surface area (Å²) in [4.78, 5) is 14.2. The first-order valence-electron chi connectivity index (χ1n) is 6.79. The molecule has 1 atom stereocenters. The minimum absolute atomic E-state index is 0.313. The van der Waals surface area contributed by atoms with Crippen LogP contribution in [0.4, 0.5) is 0 Å². The smallest absolute Gasteiger partial charge is 0.320 e. The molecule has 4 N–H and O–H groups in total. The number of hydrogen-bond donors (Lipinski definition) is 3. The van der Waals surface area contributed by atoms with Crippen LogP contribution < -0.4 is 5.73 Å². The van der Waals surface area contributed by atoms with Gasteiger partial charge in [0.1, 0.15) is 6.04 Å². The summed E-state index contributed by atoms with van der Waals surface area (Å²) in [5.74, 6) is -0.983. The van der Waals surface area contributed by atoms with Gasteiger partial charge in [-0.2, -0.15) is 0 Å². The number of aliphatic carboxylic acids is 1. The van der Waals surface area contributed by atoms with E-state index in [1.165, 1.54) is 0 Å². The molecule has 3 aromatic rings. The van der Waals surface area contributed by atoms with Gasteiger partial charge in [0.15, 0.2) is 0 Å². The van der Waals surface area contributed by atoms with Crippen molar-refractivity contribution in [1.29, 1.82) is 0 Å². The number of nitrogens with two attached hydrogens (primary N) is 1. The number of rotatable bonds is 4. The number of carboxylic acids is 1. The van der Waals surface area contributed by atoms with E-state index >= 15 is 0 Å². The largest absolute Gasteiger partial charge is 0.480 e. The van der Waals surface area contributed by atoms with E-state index in [0.717, 1.165) is 27.6 Å². The number of carbonyl (C=O) groups is 1. The molecule has 0 aliphatic heterocycles. The standard InChI is InChI=1S/C17H16N2O2/c18-15(17(20)21)9-12-10-19-16-13(7-4-8-14(12)16)11-5-2-1-3-6-11/h1-8,10,15,19H,9,18H2,(H,20,21)/t15-/m0/s1. The monoisotopic (exact) mass is 280 g/mol. The van der Waals surface area contributed by atoms with Crippen molar-refractivity contribution >= 4 is 16.9 Å². The molecule has 2 aromatic carbocycles. The first-order valence-corrected chi connectivity index (χ1v) is 6.79. The Balaban J connectivity index is 2.06. The van der Waals surface area contributed by atoms with Gasteiger partial charge in [-0.25, -0.2) is 0 Å². The molecule has 0 saturated carbocycles. The van der Waals surface area contributed by atoms with E-state index in [1.807, 2.05) is 36.5 Å². The Hall–Kier alpha value is -2.59. The number of hydrogen-bond acceptors (Lipinski definition) is 2. The zero-order valence-corrected chi connectivity index (χ0v) is 11.4. The summed E-state index contributed by atoms with van der Waals surface area (Å²) in [6.45, 7) is 0. The van der Waals surface area contributed by atoms with Crippen LogP contribution in [-0.4, -0.2) is 22.1 Å². The third-order valence-electron chi connectivity index (χ3n) is 3.64. The summed E-state index contributed by atoms with van der Waals surface area (Å²) < 4.78 is 0. The van der Waals surface area contributed by atoms with Gasteiger partial charge >= 0.3 is 5.97 Å². The van der Waals surface area contributed by atoms with E-state index in [9.17, 15) is 4.79 Å². The number of para-hydroxylation sites is 1. The number of nitrogens with one attached hydrogen (secondary N) is 1. The summed E-state index contributed by atoms with van der Waals surface area (Å²) in [5.41, 5.74) is 9.80. The second kappa shape index (κ2) is 5.42. The van der Waals surface area contributed by atoms with Gasteiger partial charge < -0.3 is 15.8 Å². The summed E-state index contributed by atoms with van der Waals surface area (Å²) in [6, 6.07) is 15.2. The molecule has 0 spiro atoms. The van der Waals surface area contributed by atoms with Gasteiger partial charge in [0.2, 0.25) is 0 Å². The first-order chi connectivity index (χ1) is 10.2. The van der Waals surface area contributed by atoms with Crippen LogP contribution in [0.5, 0.6) is 0 Å². The fourth-order valence-electron chi connectivity index (χ4n) is 2.56. The number of fused-ring (bicyclic) bond motifs is 1. The number of carboxylic acid groups (broad SMARTS) is 1. The van der Waals surface area contributed by atoms with Crippen molar-refractivity contribution in [3.05, 3.63) is 60.3 Å². The third-order valence-corrected chi connectivity index (χ3v) is 3.64. The molecule has 106 valence electrons. The summed E-state index contributed by atoms with van der Waals surface area (Å²) in [5, 5.41) is 9.97. The van der Waals surface area contributed by atoms with E-state index in [0.29, 0.717) is 6.42 Å². The predicted octanol–water partition coefficient (Wildman–Crippen LogP) is 2.79. The van der Waals surface area contributed by atoms with Crippen molar-refractivity contribution in [2.24, 2.45) is 5.73 Å². The van der Waals surface area contributed by atoms with E-state index in [-0.39, 0.29) is 0 Å². The van der Waals surface area contributed by atoms with Gasteiger partial charge in [-0.3, -0.25) is 4.79 Å². The Morgan fingerprint density at radius 2 is 1.90 bits per heavy atom. The highest BCUT2D eigenvalue weighted by atomic mass is 16.4. The molecule has 0 fully saturated rings. The van der Waals surface area contributed by atoms with Crippen LogP contribution in [0.2, 0.25) is 0 Å². The molecule has 0 bridgehead atoms. The quantitative estimate of drug-likeness (QED) is 0.687.